The van der Waals surface area contributed by atoms with Crippen molar-refractivity contribution >= 4 is 17.3 Å². The van der Waals surface area contributed by atoms with Crippen LogP contribution in [0.4, 0.5) is 0 Å². The number of aryl methyl sites for hydroxylation is 3. The maximum Gasteiger partial charge on any atom is 0.304 e. The van der Waals surface area contributed by atoms with Crippen LogP contribution in [-0.4, -0.2) is 12.2 Å². The summed E-state index contributed by atoms with van der Waals surface area (Å²) in [5, 5.41) is 2.04. The minimum Gasteiger partial charge on any atom is -0.481 e. The van der Waals surface area contributed by atoms with Crippen molar-refractivity contribution in [1.82, 2.24) is 0 Å². The second kappa shape index (κ2) is 7.36. The molecule has 5 heteroatoms. The summed E-state index contributed by atoms with van der Waals surface area (Å²) >= 11 is 1.63. The molecule has 1 heterocycles. The second-order valence-electron chi connectivity index (χ2n) is 6.34. The van der Waals surface area contributed by atoms with Gasteiger partial charge >= 0.3 is 5.97 Å². The van der Waals surface area contributed by atoms with E-state index in [-0.39, 0.29) is 5.97 Å². The van der Waals surface area contributed by atoms with Crippen LogP contribution < -0.4 is 10.5 Å². The average molecular weight is 347 g/mol. The van der Waals surface area contributed by atoms with Crippen molar-refractivity contribution in [1.29, 1.82) is 0 Å². The number of esters is 1. The Kier molecular flexibility index (Phi) is 5.67. The molecule has 2 rings (SSSR count). The van der Waals surface area contributed by atoms with Crippen molar-refractivity contribution < 1.29 is 14.3 Å². The van der Waals surface area contributed by atoms with Crippen LogP contribution in [0.25, 0.3) is 0 Å². The highest BCUT2D eigenvalue weighted by atomic mass is 32.1. The van der Waals surface area contributed by atoms with Crippen LogP contribution >= 0.6 is 11.3 Å². The molecule has 0 aliphatic carbocycles. The average Bonchev–Trinajstić information content (AvgIpc) is 2.89. The van der Waals surface area contributed by atoms with E-state index < -0.39 is 11.8 Å². The maximum atomic E-state index is 11.2. The zero-order chi connectivity index (χ0) is 17.9. The second-order valence-corrected chi connectivity index (χ2v) is 7.25. The van der Waals surface area contributed by atoms with Crippen LogP contribution in [0, 0.1) is 20.8 Å². The van der Waals surface area contributed by atoms with Crippen molar-refractivity contribution in [2.24, 2.45) is 5.73 Å². The standard InChI is InChI=1S/C19H25NO3S/c1-12-7-6-8-13(2)17(12)23-19(5,11-16(20)22-15(4)21)18-14(3)9-10-24-18/h6-10,16H,11,20H2,1-5H3. The van der Waals surface area contributed by atoms with Crippen LogP contribution in [0.5, 0.6) is 5.75 Å². The molecule has 1 aromatic carbocycles. The molecule has 24 heavy (non-hydrogen) atoms. The van der Waals surface area contributed by atoms with Crippen LogP contribution in [0.3, 0.4) is 0 Å². The minimum absolute atomic E-state index is 0.377. The molecule has 0 spiro atoms. The van der Waals surface area contributed by atoms with Gasteiger partial charge in [-0.1, -0.05) is 18.2 Å². The fraction of sp³-hybridized carbons (Fsp3) is 0.421. The first-order chi connectivity index (χ1) is 11.2. The summed E-state index contributed by atoms with van der Waals surface area (Å²) in [5.74, 6) is 0.461. The number of para-hydroxylation sites is 1. The molecule has 2 N–H and O–H groups in total. The van der Waals surface area contributed by atoms with Gasteiger partial charge in [-0.15, -0.1) is 11.3 Å². The number of rotatable bonds is 6. The van der Waals surface area contributed by atoms with Crippen LogP contribution in [0.1, 0.15) is 41.8 Å². The third kappa shape index (κ3) is 4.16. The van der Waals surface area contributed by atoms with E-state index in [0.29, 0.717) is 6.42 Å². The minimum atomic E-state index is -0.724. The summed E-state index contributed by atoms with van der Waals surface area (Å²) in [4.78, 5) is 12.3. The van der Waals surface area contributed by atoms with Gasteiger partial charge in [0, 0.05) is 13.3 Å². The summed E-state index contributed by atoms with van der Waals surface area (Å²) in [6.45, 7) is 9.46. The molecule has 0 saturated carbocycles. The fourth-order valence-corrected chi connectivity index (χ4v) is 3.96. The van der Waals surface area contributed by atoms with Crippen molar-refractivity contribution in [2.45, 2.75) is 52.9 Å². The molecule has 1 aromatic heterocycles. The van der Waals surface area contributed by atoms with E-state index in [2.05, 4.69) is 13.0 Å². The lowest BCUT2D eigenvalue weighted by atomic mass is 9.95. The van der Waals surface area contributed by atoms with Gasteiger partial charge in [0.15, 0.2) is 6.23 Å². The third-order valence-corrected chi connectivity index (χ3v) is 5.25. The Balaban J connectivity index is 2.40. The largest absolute Gasteiger partial charge is 0.481 e. The zero-order valence-corrected chi connectivity index (χ0v) is 15.7. The van der Waals surface area contributed by atoms with E-state index in [0.717, 1.165) is 27.3 Å². The SMILES string of the molecule is CC(=O)OC(N)CC(C)(Oc1c(C)cccc1C)c1sccc1C. The van der Waals surface area contributed by atoms with Crippen molar-refractivity contribution in [3.8, 4) is 5.75 Å². The predicted octanol–water partition coefficient (Wildman–Crippen LogP) is 4.21. The molecule has 130 valence electrons. The highest BCUT2D eigenvalue weighted by molar-refractivity contribution is 7.10. The summed E-state index contributed by atoms with van der Waals surface area (Å²) in [5.41, 5.74) is 8.63. The van der Waals surface area contributed by atoms with E-state index >= 15 is 0 Å². The molecule has 0 bridgehead atoms. The molecular formula is C19H25NO3S. The molecule has 0 aliphatic rings. The number of hydrogen-bond acceptors (Lipinski definition) is 5. The molecule has 2 unspecified atom stereocenters. The lowest BCUT2D eigenvalue weighted by Gasteiger charge is -2.34. The van der Waals surface area contributed by atoms with Crippen LogP contribution in [-0.2, 0) is 15.1 Å². The number of carbonyl (C=O) groups is 1. The third-order valence-electron chi connectivity index (χ3n) is 3.99. The number of hydrogen-bond donors (Lipinski definition) is 1. The molecule has 2 aromatic rings. The number of nitrogens with two attached hydrogens (primary N) is 1. The number of benzene rings is 1. The van der Waals surface area contributed by atoms with E-state index in [1.54, 1.807) is 11.3 Å². The van der Waals surface area contributed by atoms with Gasteiger partial charge in [-0.25, -0.2) is 0 Å². The predicted molar refractivity (Wildman–Crippen MR) is 97.3 cm³/mol. The molecule has 0 saturated heterocycles. The number of carbonyl (C=O) groups excluding carboxylic acids is 1. The van der Waals surface area contributed by atoms with E-state index in [4.69, 9.17) is 15.2 Å². The monoisotopic (exact) mass is 347 g/mol. The van der Waals surface area contributed by atoms with Gasteiger partial charge in [0.25, 0.3) is 0 Å². The molecular weight excluding hydrogens is 322 g/mol. The topological polar surface area (TPSA) is 61.5 Å². The zero-order valence-electron chi connectivity index (χ0n) is 14.9. The summed E-state index contributed by atoms with van der Waals surface area (Å²) < 4.78 is 11.6. The first-order valence-electron chi connectivity index (χ1n) is 7.95. The Morgan fingerprint density at radius 2 is 1.83 bits per heavy atom. The first-order valence-corrected chi connectivity index (χ1v) is 8.83. The van der Waals surface area contributed by atoms with Gasteiger partial charge in [-0.3, -0.25) is 10.5 Å². The fourth-order valence-electron chi connectivity index (χ4n) is 2.92. The molecule has 0 aliphatic heterocycles. The lowest BCUT2D eigenvalue weighted by Crippen LogP contribution is -2.39. The van der Waals surface area contributed by atoms with Crippen LogP contribution in [0.2, 0.25) is 0 Å². The smallest absolute Gasteiger partial charge is 0.304 e. The maximum absolute atomic E-state index is 11.2. The van der Waals surface area contributed by atoms with E-state index in [9.17, 15) is 4.79 Å². The molecule has 4 nitrogen and oxygen atoms in total. The normalized spacial score (nSPS) is 14.8. The van der Waals surface area contributed by atoms with Gasteiger partial charge in [-0.05, 0) is 55.8 Å². The Bertz CT molecular complexity index is 705. The Labute approximate surface area is 147 Å². The van der Waals surface area contributed by atoms with Gasteiger partial charge < -0.3 is 9.47 Å². The van der Waals surface area contributed by atoms with E-state index in [1.807, 2.05) is 44.4 Å². The lowest BCUT2D eigenvalue weighted by molar-refractivity contribution is -0.148. The molecule has 0 radical (unpaired) electrons. The molecule has 2 atom stereocenters. The molecule has 0 amide bonds. The van der Waals surface area contributed by atoms with Gasteiger partial charge in [0.1, 0.15) is 11.4 Å². The van der Waals surface area contributed by atoms with Crippen molar-refractivity contribution in [3.63, 3.8) is 0 Å². The Hall–Kier alpha value is -1.85. The van der Waals surface area contributed by atoms with Gasteiger partial charge in [-0.2, -0.15) is 0 Å². The Morgan fingerprint density at radius 3 is 2.33 bits per heavy atom. The Morgan fingerprint density at radius 1 is 1.21 bits per heavy atom. The van der Waals surface area contributed by atoms with Crippen LogP contribution in [0.15, 0.2) is 29.6 Å². The first kappa shape index (κ1) is 18.5. The highest BCUT2D eigenvalue weighted by Crippen LogP contribution is 2.39. The van der Waals surface area contributed by atoms with Crippen molar-refractivity contribution in [3.05, 3.63) is 51.2 Å². The molecule has 0 fully saturated rings. The highest BCUT2D eigenvalue weighted by Gasteiger charge is 2.35. The quantitative estimate of drug-likeness (QED) is 0.628. The van der Waals surface area contributed by atoms with Crippen molar-refractivity contribution in [2.75, 3.05) is 0 Å². The van der Waals surface area contributed by atoms with E-state index in [1.165, 1.54) is 6.92 Å². The summed E-state index contributed by atoms with van der Waals surface area (Å²) in [6, 6.07) is 8.12. The number of thiophene rings is 1. The summed E-state index contributed by atoms with van der Waals surface area (Å²) in [6.07, 6.45) is -0.347. The van der Waals surface area contributed by atoms with Gasteiger partial charge in [0.05, 0.1) is 4.88 Å². The van der Waals surface area contributed by atoms with Gasteiger partial charge in [0.2, 0.25) is 0 Å². The number of ether oxygens (including phenoxy) is 2. The summed E-state index contributed by atoms with van der Waals surface area (Å²) in [7, 11) is 0.